The molecule has 4 unspecified atom stereocenters. The number of carbonyl (C=O) groups is 1. The van der Waals surface area contributed by atoms with Gasteiger partial charge in [-0.25, -0.2) is 4.79 Å². The van der Waals surface area contributed by atoms with Gasteiger partial charge in [-0.05, 0) is 123 Å². The molecule has 1 amide bonds. The average Bonchev–Trinajstić information content (AvgIpc) is 3.38. The lowest BCUT2D eigenvalue weighted by atomic mass is 9.52. The van der Waals surface area contributed by atoms with Gasteiger partial charge in [-0.15, -0.1) is 0 Å². The van der Waals surface area contributed by atoms with E-state index in [2.05, 4.69) is 26.0 Å². The van der Waals surface area contributed by atoms with Crippen molar-refractivity contribution in [3.8, 4) is 5.75 Å². The van der Waals surface area contributed by atoms with Crippen LogP contribution in [0.2, 0.25) is 0 Å². The first kappa shape index (κ1) is 38.6. The van der Waals surface area contributed by atoms with Crippen molar-refractivity contribution in [3.05, 3.63) is 29.3 Å². The van der Waals surface area contributed by atoms with E-state index in [-0.39, 0.29) is 40.6 Å². The lowest BCUT2D eigenvalue weighted by Gasteiger charge is -2.53. The summed E-state index contributed by atoms with van der Waals surface area (Å²) in [6, 6.07) is 6.16. The molecule has 6 nitrogen and oxygen atoms in total. The van der Waals surface area contributed by atoms with Crippen LogP contribution in [0.5, 0.6) is 5.75 Å². The molecule has 4 aliphatic rings. The smallest absolute Gasteiger partial charge is 0.453 e. The fraction of sp³-hybridized carbons (Fsp3) is 0.811. The van der Waals surface area contributed by atoms with E-state index in [4.69, 9.17) is 14.2 Å². The molecule has 1 aromatic carbocycles. The molecule has 1 saturated heterocycles. The quantitative estimate of drug-likeness (QED) is 0.159. The zero-order chi connectivity index (χ0) is 35.7. The van der Waals surface area contributed by atoms with Gasteiger partial charge < -0.3 is 23.7 Å². The van der Waals surface area contributed by atoms with Crippen LogP contribution in [0.3, 0.4) is 0 Å². The maximum absolute atomic E-state index is 13.3. The number of amides is 1. The van der Waals surface area contributed by atoms with Crippen molar-refractivity contribution < 1.29 is 45.5 Å². The Hall–Kier alpha value is -1.63. The van der Waals surface area contributed by atoms with Gasteiger partial charge in [0.2, 0.25) is 0 Å². The third-order valence-electron chi connectivity index (χ3n) is 12.2. The maximum atomic E-state index is 13.3. The third kappa shape index (κ3) is 8.54. The minimum Gasteiger partial charge on any atom is -0.616 e. The number of nitrogens with zero attached hydrogens (tertiary/aromatic N) is 1. The topological polar surface area (TPSA) is 71.1 Å². The fourth-order valence-electron chi connectivity index (χ4n) is 9.67. The Kier molecular flexibility index (Phi) is 12.2. The summed E-state index contributed by atoms with van der Waals surface area (Å²) in [5.41, 5.74) is 2.71. The van der Waals surface area contributed by atoms with E-state index in [9.17, 15) is 31.3 Å². The highest BCUT2D eigenvalue weighted by Crippen LogP contribution is 2.63. The van der Waals surface area contributed by atoms with Crippen LogP contribution in [0.15, 0.2) is 18.2 Å². The first-order valence-corrected chi connectivity index (χ1v) is 19.5. The first-order valence-electron chi connectivity index (χ1n) is 18.1. The molecule has 3 aliphatic carbocycles. The molecular formula is C37H54F5NO5S. The minimum absolute atomic E-state index is 0.0329. The summed E-state index contributed by atoms with van der Waals surface area (Å²) in [4.78, 5) is 14.7. The number of hydrogen-bond donors (Lipinski definition) is 0. The number of hydrogen-bond acceptors (Lipinski definition) is 5. The predicted octanol–water partition coefficient (Wildman–Crippen LogP) is 8.92. The third-order valence-corrected chi connectivity index (χ3v) is 14.0. The molecule has 0 spiro atoms. The standard InChI is InChI=1S/C37H54F5NO5S/c1-23(19-25(3)49(45)18-6-14-36(38,39)37(40,41)42)7-8-26-20-27-21-28(48-34(44)43-16-17-47-24(2)22-43)9-10-29(27)30-13-15-35(4)31(33(26)30)11-12-32(35)46-5/h9-10,21,23-26,30-33H,6-8,11-20,22H2,1-5H3/t23?,24?,25?,26-,30-,31+,32+,33-,35+,49?/m1/s1. The highest BCUT2D eigenvalue weighted by Gasteiger charge is 2.58. The van der Waals surface area contributed by atoms with Crippen LogP contribution >= 0.6 is 0 Å². The summed E-state index contributed by atoms with van der Waals surface area (Å²) >= 11 is -1.48. The second-order valence-corrected chi connectivity index (χ2v) is 17.6. The molecule has 5 rings (SSSR count). The van der Waals surface area contributed by atoms with Crippen LogP contribution in [0.4, 0.5) is 26.7 Å². The summed E-state index contributed by atoms with van der Waals surface area (Å²) in [6.45, 7) is 9.75. The Bertz CT molecular complexity index is 1280. The lowest BCUT2D eigenvalue weighted by molar-refractivity contribution is -0.284. The SMILES string of the molecule is CO[C@H]1CC[C@H]2[C@@H]3[C@H](CCC(C)CC(C)[S+]([O-])CCCC(F)(F)C(F)(F)F)Cc4cc(OC(=O)N5CCOC(C)C5)ccc4[C@H]3CC[C@]12C. The van der Waals surface area contributed by atoms with E-state index in [1.165, 1.54) is 11.1 Å². The number of alkyl halides is 5. The summed E-state index contributed by atoms with van der Waals surface area (Å²) in [7, 11) is 1.83. The minimum atomic E-state index is -5.58. The zero-order valence-electron chi connectivity index (χ0n) is 29.5. The Morgan fingerprint density at radius 2 is 1.94 bits per heavy atom. The van der Waals surface area contributed by atoms with Gasteiger partial charge in [0.25, 0.3) is 0 Å². The van der Waals surface area contributed by atoms with Gasteiger partial charge in [0.05, 0.1) is 25.4 Å². The number of benzene rings is 1. The average molecular weight is 720 g/mol. The fourth-order valence-corrected chi connectivity index (χ4v) is 11.0. The number of ether oxygens (including phenoxy) is 3. The maximum Gasteiger partial charge on any atom is 0.453 e. The largest absolute Gasteiger partial charge is 0.616 e. The Morgan fingerprint density at radius 3 is 2.63 bits per heavy atom. The number of morpholine rings is 1. The lowest BCUT2D eigenvalue weighted by Crippen LogP contribution is -2.47. The molecule has 1 aliphatic heterocycles. The number of halogens is 5. The van der Waals surface area contributed by atoms with Gasteiger partial charge in [0.15, 0.2) is 0 Å². The molecule has 3 fully saturated rings. The molecule has 1 heterocycles. The van der Waals surface area contributed by atoms with Gasteiger partial charge in [-0.1, -0.05) is 37.5 Å². The van der Waals surface area contributed by atoms with Crippen molar-refractivity contribution in [1.82, 2.24) is 4.90 Å². The Morgan fingerprint density at radius 1 is 1.18 bits per heavy atom. The van der Waals surface area contributed by atoms with Crippen LogP contribution in [0.1, 0.15) is 103 Å². The normalized spacial score (nSPS) is 32.1. The van der Waals surface area contributed by atoms with E-state index in [1.807, 2.05) is 20.1 Å². The van der Waals surface area contributed by atoms with Gasteiger partial charge in [-0.2, -0.15) is 22.0 Å². The molecule has 0 radical (unpaired) electrons. The first-order chi connectivity index (χ1) is 23.0. The molecule has 12 heteroatoms. The van der Waals surface area contributed by atoms with E-state index >= 15 is 0 Å². The molecule has 0 bridgehead atoms. The number of methoxy groups -OCH3 is 1. The molecule has 278 valence electrons. The van der Waals surface area contributed by atoms with Gasteiger partial charge >= 0.3 is 18.2 Å². The van der Waals surface area contributed by atoms with Gasteiger partial charge in [0, 0.05) is 20.1 Å². The van der Waals surface area contributed by atoms with Crippen molar-refractivity contribution in [2.45, 2.75) is 127 Å². The van der Waals surface area contributed by atoms with Crippen molar-refractivity contribution in [2.75, 3.05) is 32.6 Å². The Balaban J connectivity index is 1.25. The second-order valence-electron chi connectivity index (χ2n) is 15.6. The van der Waals surface area contributed by atoms with Crippen LogP contribution in [-0.4, -0.2) is 77.7 Å². The van der Waals surface area contributed by atoms with Crippen molar-refractivity contribution >= 4 is 17.3 Å². The molecule has 0 aromatic heterocycles. The predicted molar refractivity (Wildman–Crippen MR) is 179 cm³/mol. The van der Waals surface area contributed by atoms with E-state index in [0.717, 1.165) is 44.9 Å². The highest BCUT2D eigenvalue weighted by molar-refractivity contribution is 7.91. The van der Waals surface area contributed by atoms with Crippen LogP contribution < -0.4 is 4.74 Å². The van der Waals surface area contributed by atoms with Gasteiger partial charge in [0.1, 0.15) is 16.8 Å². The van der Waals surface area contributed by atoms with Crippen molar-refractivity contribution in [1.29, 1.82) is 0 Å². The van der Waals surface area contributed by atoms with E-state index in [0.29, 0.717) is 55.5 Å². The van der Waals surface area contributed by atoms with Gasteiger partial charge in [-0.3, -0.25) is 0 Å². The molecular weight excluding hydrogens is 665 g/mol. The Labute approximate surface area is 291 Å². The number of carbonyl (C=O) groups excluding carboxylic acids is 1. The van der Waals surface area contributed by atoms with Crippen LogP contribution in [0, 0.1) is 29.1 Å². The summed E-state index contributed by atoms with van der Waals surface area (Å²) in [5, 5.41) is -0.295. The molecule has 1 aromatic rings. The highest BCUT2D eigenvalue weighted by atomic mass is 32.2. The number of fused-ring (bicyclic) bond motifs is 5. The molecule has 0 N–H and O–H groups in total. The molecule has 49 heavy (non-hydrogen) atoms. The second kappa shape index (κ2) is 15.5. The zero-order valence-corrected chi connectivity index (χ0v) is 30.4. The monoisotopic (exact) mass is 719 g/mol. The molecule has 2 saturated carbocycles. The van der Waals surface area contributed by atoms with Crippen molar-refractivity contribution in [2.24, 2.45) is 29.1 Å². The van der Waals surface area contributed by atoms with E-state index in [1.54, 1.807) is 11.8 Å². The molecule has 10 atom stereocenters. The summed E-state index contributed by atoms with van der Waals surface area (Å²) in [5.74, 6) is -2.33. The van der Waals surface area contributed by atoms with Crippen LogP contribution in [-0.2, 0) is 27.1 Å². The summed E-state index contributed by atoms with van der Waals surface area (Å²) in [6.07, 6.45) is 0.228. The van der Waals surface area contributed by atoms with Crippen LogP contribution in [0.25, 0.3) is 0 Å². The number of rotatable bonds is 12. The van der Waals surface area contributed by atoms with Crippen molar-refractivity contribution in [3.63, 3.8) is 0 Å². The van der Waals surface area contributed by atoms with E-state index < -0.39 is 36.1 Å². The summed E-state index contributed by atoms with van der Waals surface area (Å²) < 4.78 is 94.6.